The van der Waals surface area contributed by atoms with Gasteiger partial charge in [0.15, 0.2) is 11.0 Å². The van der Waals surface area contributed by atoms with Crippen molar-refractivity contribution < 1.29 is 4.79 Å². The number of hydrogen-bond donors (Lipinski definition) is 1. The molecule has 2 heterocycles. The molecule has 10 heteroatoms. The van der Waals surface area contributed by atoms with Crippen molar-refractivity contribution in [2.75, 3.05) is 11.1 Å². The third-order valence-electron chi connectivity index (χ3n) is 3.79. The fraction of sp³-hybridized carbons (Fsp3) is 0.278. The van der Waals surface area contributed by atoms with E-state index < -0.39 is 0 Å². The Bertz CT molecular complexity index is 1020. The molecule has 2 aromatic heterocycles. The molecule has 1 aromatic carbocycles. The number of benzene rings is 1. The lowest BCUT2D eigenvalue weighted by atomic mass is 10.3. The minimum Gasteiger partial charge on any atom is -0.324 e. The second-order valence-corrected chi connectivity index (χ2v) is 9.58. The molecule has 0 unspecified atom stereocenters. The van der Waals surface area contributed by atoms with E-state index >= 15 is 0 Å². The van der Waals surface area contributed by atoms with Crippen LogP contribution in [0.5, 0.6) is 0 Å². The van der Waals surface area contributed by atoms with Gasteiger partial charge < -0.3 is 5.32 Å². The molecule has 5 nitrogen and oxygen atoms in total. The third kappa shape index (κ3) is 4.83. The molecule has 0 aliphatic carbocycles. The summed E-state index contributed by atoms with van der Waals surface area (Å²) in [4.78, 5) is 13.6. The monoisotopic (exact) mass is 474 g/mol. The highest BCUT2D eigenvalue weighted by Crippen LogP contribution is 2.33. The lowest BCUT2D eigenvalue weighted by Crippen LogP contribution is -2.15. The van der Waals surface area contributed by atoms with Crippen molar-refractivity contribution in [3.8, 4) is 11.4 Å². The normalized spacial score (nSPS) is 11.2. The van der Waals surface area contributed by atoms with Crippen molar-refractivity contribution >= 4 is 69.5 Å². The van der Waals surface area contributed by atoms with Gasteiger partial charge in [0, 0.05) is 21.9 Å². The highest BCUT2D eigenvalue weighted by atomic mass is 35.5. The number of halogens is 3. The maximum atomic E-state index is 12.4. The van der Waals surface area contributed by atoms with E-state index in [1.807, 2.05) is 4.57 Å². The van der Waals surface area contributed by atoms with Gasteiger partial charge in [-0.05, 0) is 39.0 Å². The average Bonchev–Trinajstić information content (AvgIpc) is 3.23. The van der Waals surface area contributed by atoms with E-state index in [0.717, 1.165) is 11.4 Å². The number of anilines is 1. The summed E-state index contributed by atoms with van der Waals surface area (Å²) in [6.07, 6.45) is 0. The second-order valence-electron chi connectivity index (χ2n) is 6.30. The van der Waals surface area contributed by atoms with Crippen LogP contribution < -0.4 is 5.32 Å². The van der Waals surface area contributed by atoms with Crippen LogP contribution >= 0.6 is 57.9 Å². The van der Waals surface area contributed by atoms with Crippen molar-refractivity contribution in [1.82, 2.24) is 14.8 Å². The molecule has 1 amide bonds. The zero-order valence-electron chi connectivity index (χ0n) is 15.3. The van der Waals surface area contributed by atoms with E-state index in [9.17, 15) is 4.79 Å². The molecule has 3 aromatic rings. The molecule has 0 aliphatic heterocycles. The molecule has 0 saturated carbocycles. The number of aromatic nitrogens is 3. The summed E-state index contributed by atoms with van der Waals surface area (Å²) in [6, 6.07) is 5.27. The first-order chi connectivity index (χ1) is 13.3. The van der Waals surface area contributed by atoms with Crippen LogP contribution in [-0.2, 0) is 4.79 Å². The Balaban J connectivity index is 1.73. The van der Waals surface area contributed by atoms with Gasteiger partial charge >= 0.3 is 0 Å². The Hall–Kier alpha value is -1.25. The molecule has 0 atom stereocenters. The lowest BCUT2D eigenvalue weighted by molar-refractivity contribution is -0.113. The van der Waals surface area contributed by atoms with E-state index in [1.54, 1.807) is 11.3 Å². The Morgan fingerprint density at radius 2 is 1.89 bits per heavy atom. The molecule has 0 fully saturated rings. The first-order valence-electron chi connectivity index (χ1n) is 8.34. The molecular formula is C18H17Cl3N4OS2. The van der Waals surface area contributed by atoms with Crippen LogP contribution in [0.2, 0.25) is 15.1 Å². The lowest BCUT2D eigenvalue weighted by Gasteiger charge is -2.13. The molecule has 0 saturated heterocycles. The number of amides is 1. The summed E-state index contributed by atoms with van der Waals surface area (Å²) >= 11 is 21.0. The number of hydrogen-bond acceptors (Lipinski definition) is 5. The van der Waals surface area contributed by atoms with Gasteiger partial charge in [0.2, 0.25) is 5.91 Å². The van der Waals surface area contributed by atoms with Crippen molar-refractivity contribution in [3.63, 3.8) is 0 Å². The van der Waals surface area contributed by atoms with E-state index in [2.05, 4.69) is 47.7 Å². The largest absolute Gasteiger partial charge is 0.324 e. The van der Waals surface area contributed by atoms with Crippen LogP contribution in [0.25, 0.3) is 11.4 Å². The van der Waals surface area contributed by atoms with E-state index in [-0.39, 0.29) is 17.7 Å². The second kappa shape index (κ2) is 9.05. The molecule has 0 spiro atoms. The van der Waals surface area contributed by atoms with Gasteiger partial charge in [-0.2, -0.15) is 0 Å². The van der Waals surface area contributed by atoms with Crippen molar-refractivity contribution in [1.29, 1.82) is 0 Å². The molecule has 3 rings (SSSR count). The van der Waals surface area contributed by atoms with Gasteiger partial charge in [0.1, 0.15) is 0 Å². The summed E-state index contributed by atoms with van der Waals surface area (Å²) in [5.74, 6) is 0.732. The average molecular weight is 476 g/mol. The van der Waals surface area contributed by atoms with Gasteiger partial charge in [-0.25, -0.2) is 0 Å². The Morgan fingerprint density at radius 1 is 1.18 bits per heavy atom. The van der Waals surface area contributed by atoms with Crippen molar-refractivity contribution in [2.24, 2.45) is 0 Å². The van der Waals surface area contributed by atoms with Crippen LogP contribution in [0.15, 0.2) is 28.7 Å². The molecular weight excluding hydrogens is 459 g/mol. The van der Waals surface area contributed by atoms with Crippen LogP contribution in [0.4, 0.5) is 5.69 Å². The summed E-state index contributed by atoms with van der Waals surface area (Å²) < 4.78 is 2.03. The molecule has 0 radical (unpaired) electrons. The number of aryl methyl sites for hydroxylation is 1. The third-order valence-corrected chi connectivity index (χ3v) is 6.63. The first-order valence-corrected chi connectivity index (χ1v) is 11.3. The van der Waals surface area contributed by atoms with Gasteiger partial charge in [0.05, 0.1) is 26.5 Å². The fourth-order valence-corrected chi connectivity index (χ4v) is 4.68. The zero-order chi connectivity index (χ0) is 20.4. The molecule has 148 valence electrons. The first kappa shape index (κ1) is 21.5. The summed E-state index contributed by atoms with van der Waals surface area (Å²) in [5.41, 5.74) is 1.45. The maximum Gasteiger partial charge on any atom is 0.234 e. The zero-order valence-corrected chi connectivity index (χ0v) is 19.2. The number of carbonyl (C=O) groups excluding carboxylic acids is 1. The molecule has 1 N–H and O–H groups in total. The summed E-state index contributed by atoms with van der Waals surface area (Å²) in [6.45, 7) is 6.18. The SMILES string of the molecule is Cc1cc(-c2nnc(SCC(=O)Nc3cc(Cl)c(Cl)cc3Cl)n2C(C)C)cs1. The van der Waals surface area contributed by atoms with Crippen molar-refractivity contribution in [3.05, 3.63) is 43.5 Å². The van der Waals surface area contributed by atoms with E-state index in [1.165, 1.54) is 28.8 Å². The highest BCUT2D eigenvalue weighted by Gasteiger charge is 2.19. The topological polar surface area (TPSA) is 59.8 Å². The molecule has 28 heavy (non-hydrogen) atoms. The van der Waals surface area contributed by atoms with Crippen LogP contribution in [-0.4, -0.2) is 26.4 Å². The molecule has 0 bridgehead atoms. The minimum absolute atomic E-state index is 0.153. The van der Waals surface area contributed by atoms with E-state index in [4.69, 9.17) is 34.8 Å². The highest BCUT2D eigenvalue weighted by molar-refractivity contribution is 7.99. The number of rotatable bonds is 6. The Morgan fingerprint density at radius 3 is 2.54 bits per heavy atom. The Labute approximate surface area is 186 Å². The summed E-state index contributed by atoms with van der Waals surface area (Å²) in [5, 5.41) is 15.1. The van der Waals surface area contributed by atoms with Crippen LogP contribution in [0, 0.1) is 6.92 Å². The standard InChI is InChI=1S/C18H17Cl3N4OS2/c1-9(2)25-17(11-4-10(3)27-7-11)23-24-18(25)28-8-16(26)22-15-6-13(20)12(19)5-14(15)21/h4-7,9H,8H2,1-3H3,(H,22,26). The van der Waals surface area contributed by atoms with Gasteiger partial charge in [-0.15, -0.1) is 21.5 Å². The van der Waals surface area contributed by atoms with Crippen molar-refractivity contribution in [2.45, 2.75) is 32.0 Å². The number of nitrogens with zero attached hydrogens (tertiary/aromatic N) is 3. The number of thioether (sulfide) groups is 1. The minimum atomic E-state index is -0.225. The van der Waals surface area contributed by atoms with Gasteiger partial charge in [-0.1, -0.05) is 46.6 Å². The van der Waals surface area contributed by atoms with Gasteiger partial charge in [-0.3, -0.25) is 9.36 Å². The quantitative estimate of drug-likeness (QED) is 0.323. The smallest absolute Gasteiger partial charge is 0.234 e. The number of carbonyl (C=O) groups is 1. The number of nitrogens with one attached hydrogen (secondary N) is 1. The maximum absolute atomic E-state index is 12.4. The van der Waals surface area contributed by atoms with E-state index in [0.29, 0.717) is 25.9 Å². The van der Waals surface area contributed by atoms with Crippen LogP contribution in [0.1, 0.15) is 24.8 Å². The Kier molecular flexibility index (Phi) is 6.94. The predicted octanol–water partition coefficient (Wildman–Crippen LogP) is 6.59. The molecule has 0 aliphatic rings. The van der Waals surface area contributed by atoms with Crippen LogP contribution in [0.3, 0.4) is 0 Å². The summed E-state index contributed by atoms with van der Waals surface area (Å²) in [7, 11) is 0. The predicted molar refractivity (Wildman–Crippen MR) is 119 cm³/mol. The fourth-order valence-electron chi connectivity index (χ4n) is 2.53. The number of thiophene rings is 1. The van der Waals surface area contributed by atoms with Gasteiger partial charge in [0.25, 0.3) is 0 Å².